The van der Waals surface area contributed by atoms with Crippen molar-refractivity contribution in [3.8, 4) is 5.75 Å². The summed E-state index contributed by atoms with van der Waals surface area (Å²) >= 11 is 0. The Hall–Kier alpha value is -3.09. The van der Waals surface area contributed by atoms with Crippen LogP contribution in [-0.4, -0.2) is 41.6 Å². The number of carbonyl (C=O) groups is 2. The number of ether oxygens (including phenoxy) is 2. The van der Waals surface area contributed by atoms with Crippen molar-refractivity contribution < 1.29 is 19.1 Å². The molecule has 1 N–H and O–H groups in total. The lowest BCUT2D eigenvalue weighted by molar-refractivity contribution is -0.120. The van der Waals surface area contributed by atoms with Crippen LogP contribution in [0.4, 0.5) is 10.6 Å². The van der Waals surface area contributed by atoms with E-state index in [0.717, 1.165) is 12.0 Å². The van der Waals surface area contributed by atoms with Crippen LogP contribution in [0.3, 0.4) is 0 Å². The van der Waals surface area contributed by atoms with E-state index < -0.39 is 12.1 Å². The molecular weight excluding hydrogens is 334 g/mol. The zero-order valence-electron chi connectivity index (χ0n) is 14.6. The monoisotopic (exact) mass is 355 g/mol. The lowest BCUT2D eigenvalue weighted by Crippen LogP contribution is -2.43. The van der Waals surface area contributed by atoms with Crippen molar-refractivity contribution in [3.63, 3.8) is 0 Å². The van der Waals surface area contributed by atoms with Crippen molar-refractivity contribution in [2.45, 2.75) is 25.5 Å². The topological polar surface area (TPSA) is 80.8 Å². The second-order valence-corrected chi connectivity index (χ2v) is 5.94. The number of methoxy groups -OCH3 is 1. The van der Waals surface area contributed by atoms with E-state index in [1.54, 1.807) is 18.3 Å². The van der Waals surface area contributed by atoms with Crippen LogP contribution >= 0.6 is 0 Å². The van der Waals surface area contributed by atoms with Gasteiger partial charge in [0.05, 0.1) is 7.11 Å². The number of carbonyl (C=O) groups excluding carboxylic acids is 2. The van der Waals surface area contributed by atoms with Gasteiger partial charge in [0.25, 0.3) is 0 Å². The Bertz CT molecular complexity index is 766. The first-order chi connectivity index (χ1) is 12.7. The molecule has 0 spiro atoms. The SMILES string of the molecule is COc1cccnc1NC(=O)[C@@H]1CCCN1C(=O)OCc1ccccc1. The molecule has 0 radical (unpaired) electrons. The van der Waals surface area contributed by atoms with Gasteiger partial charge in [0.1, 0.15) is 12.6 Å². The molecule has 1 aliphatic heterocycles. The molecule has 1 aromatic heterocycles. The van der Waals surface area contributed by atoms with Crippen LogP contribution in [0.1, 0.15) is 18.4 Å². The first-order valence-corrected chi connectivity index (χ1v) is 8.46. The Kier molecular flexibility index (Phi) is 5.68. The largest absolute Gasteiger partial charge is 0.493 e. The number of benzene rings is 1. The minimum absolute atomic E-state index is 0.179. The summed E-state index contributed by atoms with van der Waals surface area (Å²) in [5.41, 5.74) is 0.902. The Labute approximate surface area is 151 Å². The number of nitrogens with one attached hydrogen (secondary N) is 1. The highest BCUT2D eigenvalue weighted by atomic mass is 16.6. The molecule has 7 heteroatoms. The van der Waals surface area contributed by atoms with Gasteiger partial charge in [-0.2, -0.15) is 0 Å². The normalized spacial score (nSPS) is 16.2. The van der Waals surface area contributed by atoms with Crippen LogP contribution in [-0.2, 0) is 16.1 Å². The number of likely N-dealkylation sites (tertiary alicyclic amines) is 1. The summed E-state index contributed by atoms with van der Waals surface area (Å²) in [5, 5.41) is 2.74. The van der Waals surface area contributed by atoms with Crippen LogP contribution in [0.2, 0.25) is 0 Å². The molecule has 1 fully saturated rings. The molecule has 136 valence electrons. The fraction of sp³-hybridized carbons (Fsp3) is 0.316. The molecule has 0 saturated carbocycles. The molecule has 1 aliphatic rings. The zero-order chi connectivity index (χ0) is 18.4. The summed E-state index contributed by atoms with van der Waals surface area (Å²) < 4.78 is 10.5. The third-order valence-corrected chi connectivity index (χ3v) is 4.23. The maximum absolute atomic E-state index is 12.6. The summed E-state index contributed by atoms with van der Waals surface area (Å²) in [6.45, 7) is 0.670. The molecule has 2 heterocycles. The van der Waals surface area contributed by atoms with Gasteiger partial charge < -0.3 is 14.8 Å². The van der Waals surface area contributed by atoms with E-state index in [2.05, 4.69) is 10.3 Å². The second-order valence-electron chi connectivity index (χ2n) is 5.94. The molecule has 0 unspecified atom stereocenters. The van der Waals surface area contributed by atoms with Crippen LogP contribution in [0.25, 0.3) is 0 Å². The van der Waals surface area contributed by atoms with Gasteiger partial charge in [-0.25, -0.2) is 9.78 Å². The van der Waals surface area contributed by atoms with E-state index in [1.165, 1.54) is 12.0 Å². The molecule has 0 bridgehead atoms. The minimum Gasteiger partial charge on any atom is -0.493 e. The molecule has 1 atom stereocenters. The van der Waals surface area contributed by atoms with E-state index in [4.69, 9.17) is 9.47 Å². The first-order valence-electron chi connectivity index (χ1n) is 8.46. The van der Waals surface area contributed by atoms with Gasteiger partial charge >= 0.3 is 6.09 Å². The summed E-state index contributed by atoms with van der Waals surface area (Å²) in [4.78, 5) is 30.6. The molecule has 7 nitrogen and oxygen atoms in total. The highest BCUT2D eigenvalue weighted by molar-refractivity contribution is 5.97. The van der Waals surface area contributed by atoms with Gasteiger partial charge in [-0.05, 0) is 30.5 Å². The van der Waals surface area contributed by atoms with Gasteiger partial charge in [0.2, 0.25) is 5.91 Å². The van der Waals surface area contributed by atoms with E-state index in [9.17, 15) is 9.59 Å². The molecule has 1 saturated heterocycles. The van der Waals surface area contributed by atoms with Crippen molar-refractivity contribution >= 4 is 17.8 Å². The molecular formula is C19H21N3O4. The van der Waals surface area contributed by atoms with Crippen LogP contribution in [0, 0.1) is 0 Å². The number of nitrogens with zero attached hydrogens (tertiary/aromatic N) is 2. The number of hydrogen-bond acceptors (Lipinski definition) is 5. The Morgan fingerprint density at radius 3 is 2.81 bits per heavy atom. The predicted molar refractivity (Wildman–Crippen MR) is 95.8 cm³/mol. The van der Waals surface area contributed by atoms with E-state index in [0.29, 0.717) is 24.5 Å². The average Bonchev–Trinajstić information content (AvgIpc) is 3.17. The van der Waals surface area contributed by atoms with E-state index in [-0.39, 0.29) is 12.5 Å². The predicted octanol–water partition coefficient (Wildman–Crippen LogP) is 2.83. The number of aromatic nitrogens is 1. The minimum atomic E-state index is -0.579. The van der Waals surface area contributed by atoms with Crippen molar-refractivity contribution in [2.24, 2.45) is 0 Å². The number of pyridine rings is 1. The third kappa shape index (κ3) is 4.11. The smallest absolute Gasteiger partial charge is 0.410 e. The Balaban J connectivity index is 1.61. The summed E-state index contributed by atoms with van der Waals surface area (Å²) in [6, 6.07) is 12.3. The number of anilines is 1. The van der Waals surface area contributed by atoms with Gasteiger partial charge in [0.15, 0.2) is 11.6 Å². The molecule has 1 aromatic carbocycles. The lowest BCUT2D eigenvalue weighted by Gasteiger charge is -2.23. The number of rotatable bonds is 5. The molecule has 3 rings (SSSR count). The van der Waals surface area contributed by atoms with Crippen molar-refractivity contribution in [1.82, 2.24) is 9.88 Å². The molecule has 26 heavy (non-hydrogen) atoms. The highest BCUT2D eigenvalue weighted by Crippen LogP contribution is 2.24. The van der Waals surface area contributed by atoms with Gasteiger partial charge in [-0.15, -0.1) is 0 Å². The fourth-order valence-electron chi connectivity index (χ4n) is 2.91. The van der Waals surface area contributed by atoms with E-state index in [1.807, 2.05) is 30.3 Å². The third-order valence-electron chi connectivity index (χ3n) is 4.23. The molecule has 2 amide bonds. The fourth-order valence-corrected chi connectivity index (χ4v) is 2.91. The van der Waals surface area contributed by atoms with Crippen LogP contribution < -0.4 is 10.1 Å². The van der Waals surface area contributed by atoms with Crippen molar-refractivity contribution in [3.05, 3.63) is 54.2 Å². The average molecular weight is 355 g/mol. The van der Waals surface area contributed by atoms with Crippen LogP contribution in [0.15, 0.2) is 48.7 Å². The summed E-state index contributed by atoms with van der Waals surface area (Å²) in [7, 11) is 1.51. The summed E-state index contributed by atoms with van der Waals surface area (Å²) in [5.74, 6) is 0.512. The highest BCUT2D eigenvalue weighted by Gasteiger charge is 2.35. The van der Waals surface area contributed by atoms with E-state index >= 15 is 0 Å². The zero-order valence-corrected chi connectivity index (χ0v) is 14.6. The van der Waals surface area contributed by atoms with Crippen LogP contribution in [0.5, 0.6) is 5.75 Å². The molecule has 0 aliphatic carbocycles. The van der Waals surface area contributed by atoms with Gasteiger partial charge in [-0.1, -0.05) is 30.3 Å². The first kappa shape index (κ1) is 17.7. The Morgan fingerprint density at radius 2 is 2.04 bits per heavy atom. The quantitative estimate of drug-likeness (QED) is 0.892. The second kappa shape index (κ2) is 8.33. The maximum atomic E-state index is 12.6. The summed E-state index contributed by atoms with van der Waals surface area (Å²) in [6.07, 6.45) is 2.41. The van der Waals surface area contributed by atoms with Crippen molar-refractivity contribution in [1.29, 1.82) is 0 Å². The van der Waals surface area contributed by atoms with Crippen molar-refractivity contribution in [2.75, 3.05) is 19.0 Å². The Morgan fingerprint density at radius 1 is 1.23 bits per heavy atom. The van der Waals surface area contributed by atoms with Gasteiger partial charge in [-0.3, -0.25) is 9.69 Å². The number of amides is 2. The maximum Gasteiger partial charge on any atom is 0.410 e. The lowest BCUT2D eigenvalue weighted by atomic mass is 10.2. The number of hydrogen-bond donors (Lipinski definition) is 1. The standard InChI is InChI=1S/C19H21N3O4/c1-25-16-10-5-11-20-17(16)21-18(23)15-9-6-12-22(15)19(24)26-13-14-7-3-2-4-8-14/h2-5,7-8,10-11,15H,6,9,12-13H2,1H3,(H,20,21,23)/t15-/m0/s1. The molecule has 2 aromatic rings. The van der Waals surface area contributed by atoms with Gasteiger partial charge in [0, 0.05) is 12.7 Å².